The van der Waals surface area contributed by atoms with Crippen molar-refractivity contribution >= 4 is 11.8 Å². The van der Waals surface area contributed by atoms with Crippen LogP contribution in [0.25, 0.3) is 0 Å². The molecule has 132 valence electrons. The maximum absolute atomic E-state index is 12.2. The molecule has 0 unspecified atom stereocenters. The Labute approximate surface area is 143 Å². The number of rotatable bonds is 4. The third kappa shape index (κ3) is 4.26. The number of nitrogens with zero attached hydrogens (tertiary/aromatic N) is 1. The van der Waals surface area contributed by atoms with E-state index in [1.807, 2.05) is 17.0 Å². The van der Waals surface area contributed by atoms with Gasteiger partial charge in [0.2, 0.25) is 11.8 Å². The third-order valence-corrected chi connectivity index (χ3v) is 4.42. The minimum Gasteiger partial charge on any atom is -0.508 e. The van der Waals surface area contributed by atoms with Crippen molar-refractivity contribution in [3.05, 3.63) is 29.3 Å². The molecule has 1 fully saturated rings. The van der Waals surface area contributed by atoms with Gasteiger partial charge in [-0.1, -0.05) is 32.9 Å². The summed E-state index contributed by atoms with van der Waals surface area (Å²) in [5, 5.41) is 15.6. The normalized spacial score (nSPS) is 19.0. The summed E-state index contributed by atoms with van der Waals surface area (Å²) in [5.41, 5.74) is 1.88. The van der Waals surface area contributed by atoms with E-state index >= 15 is 0 Å². The van der Waals surface area contributed by atoms with Crippen molar-refractivity contribution in [1.82, 2.24) is 15.5 Å². The molecule has 3 N–H and O–H groups in total. The van der Waals surface area contributed by atoms with Gasteiger partial charge < -0.3 is 15.7 Å². The van der Waals surface area contributed by atoms with Gasteiger partial charge in [0.15, 0.2) is 0 Å². The highest BCUT2D eigenvalue weighted by Crippen LogP contribution is 2.29. The summed E-state index contributed by atoms with van der Waals surface area (Å²) in [4.78, 5) is 25.8. The van der Waals surface area contributed by atoms with Crippen LogP contribution in [0.4, 0.5) is 0 Å². The molecule has 0 saturated carbocycles. The van der Waals surface area contributed by atoms with E-state index in [0.717, 1.165) is 11.1 Å². The van der Waals surface area contributed by atoms with Crippen LogP contribution in [0.3, 0.4) is 0 Å². The average Bonchev–Trinajstić information content (AvgIpc) is 2.51. The molecular weight excluding hydrogens is 306 g/mol. The lowest BCUT2D eigenvalue weighted by Gasteiger charge is -2.35. The summed E-state index contributed by atoms with van der Waals surface area (Å²) < 4.78 is 0. The van der Waals surface area contributed by atoms with Crippen molar-refractivity contribution in [2.45, 2.75) is 45.2 Å². The summed E-state index contributed by atoms with van der Waals surface area (Å²) in [6, 6.07) is 5.09. The highest BCUT2D eigenvalue weighted by molar-refractivity contribution is 5.88. The number of amides is 2. The van der Waals surface area contributed by atoms with E-state index in [0.29, 0.717) is 19.6 Å². The Morgan fingerprint density at radius 2 is 2.12 bits per heavy atom. The molecule has 0 aromatic heterocycles. The second-order valence-electron chi connectivity index (χ2n) is 7.25. The topological polar surface area (TPSA) is 81.7 Å². The molecule has 0 radical (unpaired) electrons. The molecular formula is C18H27N3O3. The van der Waals surface area contributed by atoms with Gasteiger partial charge in [-0.3, -0.25) is 14.5 Å². The number of hydrogen-bond donors (Lipinski definition) is 3. The summed E-state index contributed by atoms with van der Waals surface area (Å²) in [6.07, 6.45) is 0.113. The van der Waals surface area contributed by atoms with Crippen LogP contribution in [0, 0.1) is 0 Å². The zero-order valence-electron chi connectivity index (χ0n) is 14.8. The highest BCUT2D eigenvalue weighted by Gasteiger charge is 2.32. The fraction of sp³-hybridized carbons (Fsp3) is 0.556. The Kier molecular flexibility index (Phi) is 5.49. The van der Waals surface area contributed by atoms with Crippen LogP contribution in [0.1, 0.15) is 38.3 Å². The summed E-state index contributed by atoms with van der Waals surface area (Å²) in [7, 11) is 1.56. The van der Waals surface area contributed by atoms with Gasteiger partial charge in [0.05, 0.1) is 12.5 Å². The molecule has 1 saturated heterocycles. The fourth-order valence-electron chi connectivity index (χ4n) is 2.85. The van der Waals surface area contributed by atoms with Crippen LogP contribution in [0.15, 0.2) is 18.2 Å². The zero-order chi connectivity index (χ0) is 17.9. The first kappa shape index (κ1) is 18.3. The fourth-order valence-corrected chi connectivity index (χ4v) is 2.85. The molecule has 1 atom stereocenters. The molecule has 1 aromatic carbocycles. The quantitative estimate of drug-likeness (QED) is 0.771. The smallest absolute Gasteiger partial charge is 0.237 e. The minimum atomic E-state index is -0.517. The lowest BCUT2D eigenvalue weighted by molar-refractivity contribution is -0.134. The number of aromatic hydroxyl groups is 1. The van der Waals surface area contributed by atoms with E-state index in [4.69, 9.17) is 0 Å². The maximum atomic E-state index is 12.2. The second-order valence-corrected chi connectivity index (χ2v) is 7.25. The first-order valence-corrected chi connectivity index (χ1v) is 8.27. The number of phenolic OH excluding ortho intramolecular Hbond substituents is 1. The number of hydrogen-bond acceptors (Lipinski definition) is 4. The molecule has 6 heteroatoms. The first-order valence-electron chi connectivity index (χ1n) is 8.27. The first-order chi connectivity index (χ1) is 11.2. The van der Waals surface area contributed by atoms with Crippen molar-refractivity contribution < 1.29 is 14.7 Å². The van der Waals surface area contributed by atoms with Gasteiger partial charge in [0.25, 0.3) is 0 Å². The predicted octanol–water partition coefficient (Wildman–Crippen LogP) is 1.13. The Morgan fingerprint density at radius 1 is 1.42 bits per heavy atom. The van der Waals surface area contributed by atoms with Crippen molar-refractivity contribution in [3.8, 4) is 5.75 Å². The molecule has 24 heavy (non-hydrogen) atoms. The van der Waals surface area contributed by atoms with Crippen LogP contribution in [-0.2, 0) is 21.5 Å². The van der Waals surface area contributed by atoms with Gasteiger partial charge in [-0.25, -0.2) is 0 Å². The molecule has 1 aliphatic rings. The number of benzene rings is 1. The molecule has 0 aliphatic carbocycles. The lowest BCUT2D eigenvalue weighted by Crippen LogP contribution is -2.56. The van der Waals surface area contributed by atoms with E-state index in [2.05, 4.69) is 31.4 Å². The SMILES string of the molecule is CNC(=O)C[C@@H]1C(=O)NCCN1Cc1cc(C(C)(C)C)ccc1O. The third-order valence-electron chi connectivity index (χ3n) is 4.42. The molecule has 6 nitrogen and oxygen atoms in total. The van der Waals surface area contributed by atoms with Crippen LogP contribution < -0.4 is 10.6 Å². The zero-order valence-corrected chi connectivity index (χ0v) is 14.8. The standard InChI is InChI=1S/C18H27N3O3/c1-18(2,3)13-5-6-15(22)12(9-13)11-21-8-7-20-17(24)14(21)10-16(23)19-4/h5-6,9,14,22H,7-8,10-11H2,1-4H3,(H,19,23)(H,20,24)/t14-/m1/s1. The van der Waals surface area contributed by atoms with E-state index < -0.39 is 6.04 Å². The predicted molar refractivity (Wildman–Crippen MR) is 92.7 cm³/mol. The van der Waals surface area contributed by atoms with Gasteiger partial charge >= 0.3 is 0 Å². The van der Waals surface area contributed by atoms with Crippen molar-refractivity contribution in [2.24, 2.45) is 0 Å². The number of nitrogens with one attached hydrogen (secondary N) is 2. The van der Waals surface area contributed by atoms with Crippen molar-refractivity contribution in [2.75, 3.05) is 20.1 Å². The average molecular weight is 333 g/mol. The minimum absolute atomic E-state index is 0.0246. The number of piperazine rings is 1. The van der Waals surface area contributed by atoms with Crippen molar-refractivity contribution in [3.63, 3.8) is 0 Å². The van der Waals surface area contributed by atoms with Crippen LogP contribution in [0.5, 0.6) is 5.75 Å². The number of carbonyl (C=O) groups excluding carboxylic acids is 2. The summed E-state index contributed by atoms with van der Waals surface area (Å²) >= 11 is 0. The summed E-state index contributed by atoms with van der Waals surface area (Å²) in [6.45, 7) is 7.98. The van der Waals surface area contributed by atoms with Crippen LogP contribution in [-0.4, -0.2) is 48.0 Å². The number of carbonyl (C=O) groups is 2. The molecule has 2 amide bonds. The second kappa shape index (κ2) is 7.21. The number of phenols is 1. The van der Waals surface area contributed by atoms with Gasteiger partial charge in [0.1, 0.15) is 5.75 Å². The monoisotopic (exact) mass is 333 g/mol. The van der Waals surface area contributed by atoms with E-state index in [1.165, 1.54) is 0 Å². The Balaban J connectivity index is 2.24. The van der Waals surface area contributed by atoms with Gasteiger partial charge in [0, 0.05) is 32.2 Å². The lowest BCUT2D eigenvalue weighted by atomic mass is 9.86. The highest BCUT2D eigenvalue weighted by atomic mass is 16.3. The van der Waals surface area contributed by atoms with Gasteiger partial charge in [-0.2, -0.15) is 0 Å². The maximum Gasteiger partial charge on any atom is 0.237 e. The molecule has 2 rings (SSSR count). The Bertz CT molecular complexity index is 622. The molecule has 0 bridgehead atoms. The van der Waals surface area contributed by atoms with Crippen LogP contribution in [0.2, 0.25) is 0 Å². The Morgan fingerprint density at radius 3 is 2.75 bits per heavy atom. The molecule has 1 aromatic rings. The summed E-state index contributed by atoms with van der Waals surface area (Å²) in [5.74, 6) is -0.0984. The van der Waals surface area contributed by atoms with Crippen LogP contribution >= 0.6 is 0 Å². The molecule has 0 spiro atoms. The largest absolute Gasteiger partial charge is 0.508 e. The van der Waals surface area contributed by atoms with Crippen molar-refractivity contribution in [1.29, 1.82) is 0 Å². The molecule has 1 aliphatic heterocycles. The van der Waals surface area contributed by atoms with E-state index in [9.17, 15) is 14.7 Å². The Hall–Kier alpha value is -2.08. The van der Waals surface area contributed by atoms with E-state index in [-0.39, 0.29) is 29.4 Å². The van der Waals surface area contributed by atoms with E-state index in [1.54, 1.807) is 13.1 Å². The van der Waals surface area contributed by atoms with Gasteiger partial charge in [-0.05, 0) is 17.0 Å². The van der Waals surface area contributed by atoms with Gasteiger partial charge in [-0.15, -0.1) is 0 Å². The molecule has 1 heterocycles.